The highest BCUT2D eigenvalue weighted by Crippen LogP contribution is 2.29. The summed E-state index contributed by atoms with van der Waals surface area (Å²) >= 11 is 3.39. The van der Waals surface area contributed by atoms with Crippen molar-refractivity contribution < 1.29 is 9.53 Å². The first-order chi connectivity index (χ1) is 11.4. The Labute approximate surface area is 152 Å². The van der Waals surface area contributed by atoms with E-state index in [0.29, 0.717) is 19.4 Å². The van der Waals surface area contributed by atoms with Crippen LogP contribution in [0.3, 0.4) is 0 Å². The summed E-state index contributed by atoms with van der Waals surface area (Å²) in [4.78, 5) is 12.2. The van der Waals surface area contributed by atoms with Crippen LogP contribution in [-0.2, 0) is 10.2 Å². The maximum atomic E-state index is 12.2. The topological polar surface area (TPSA) is 38.3 Å². The molecule has 2 aromatic rings. The molecule has 0 spiro atoms. The Bertz CT molecular complexity index is 675. The van der Waals surface area contributed by atoms with Gasteiger partial charge in [0.2, 0.25) is 5.91 Å². The highest BCUT2D eigenvalue weighted by atomic mass is 79.9. The van der Waals surface area contributed by atoms with Crippen molar-refractivity contribution in [1.82, 2.24) is 0 Å². The van der Waals surface area contributed by atoms with Gasteiger partial charge in [-0.3, -0.25) is 4.79 Å². The molecule has 0 aromatic heterocycles. The number of rotatable bonds is 6. The number of carbonyl (C=O) groups excluding carboxylic acids is 1. The molecule has 0 aliphatic heterocycles. The van der Waals surface area contributed by atoms with E-state index in [2.05, 4.69) is 48.1 Å². The maximum Gasteiger partial charge on any atom is 0.224 e. The van der Waals surface area contributed by atoms with Gasteiger partial charge >= 0.3 is 0 Å². The van der Waals surface area contributed by atoms with Crippen LogP contribution in [0, 0.1) is 0 Å². The Morgan fingerprint density at radius 3 is 2.42 bits per heavy atom. The molecule has 0 saturated heterocycles. The third-order valence-electron chi connectivity index (χ3n) is 3.64. The van der Waals surface area contributed by atoms with Crippen LogP contribution in [0.25, 0.3) is 0 Å². The van der Waals surface area contributed by atoms with Gasteiger partial charge in [-0.25, -0.2) is 0 Å². The molecular formula is C20H24BrNO2. The molecule has 0 fully saturated rings. The highest BCUT2D eigenvalue weighted by Gasteiger charge is 2.18. The molecule has 24 heavy (non-hydrogen) atoms. The zero-order valence-corrected chi connectivity index (χ0v) is 16.0. The molecule has 1 amide bonds. The Hall–Kier alpha value is -1.81. The van der Waals surface area contributed by atoms with Crippen molar-refractivity contribution >= 4 is 27.5 Å². The average Bonchev–Trinajstić information content (AvgIpc) is 2.53. The Morgan fingerprint density at radius 2 is 1.75 bits per heavy atom. The van der Waals surface area contributed by atoms with Crippen LogP contribution in [0.5, 0.6) is 5.75 Å². The van der Waals surface area contributed by atoms with Crippen LogP contribution >= 0.6 is 15.9 Å². The number of halogens is 1. The first kappa shape index (κ1) is 18.5. The number of nitrogens with one attached hydrogen (secondary N) is 1. The van der Waals surface area contributed by atoms with Crippen LogP contribution in [0.15, 0.2) is 53.0 Å². The van der Waals surface area contributed by atoms with Gasteiger partial charge in [0.25, 0.3) is 0 Å². The molecule has 3 nitrogen and oxygen atoms in total. The first-order valence-corrected chi connectivity index (χ1v) is 8.93. The number of hydrogen-bond donors (Lipinski definition) is 1. The van der Waals surface area contributed by atoms with Gasteiger partial charge in [-0.15, -0.1) is 0 Å². The molecule has 0 heterocycles. The number of anilines is 1. The van der Waals surface area contributed by atoms with Crippen LogP contribution in [-0.4, -0.2) is 12.5 Å². The fraction of sp³-hybridized carbons (Fsp3) is 0.350. The van der Waals surface area contributed by atoms with Crippen molar-refractivity contribution in [3.8, 4) is 5.75 Å². The van der Waals surface area contributed by atoms with E-state index < -0.39 is 0 Å². The summed E-state index contributed by atoms with van der Waals surface area (Å²) in [5, 5.41) is 3.02. The van der Waals surface area contributed by atoms with Crippen molar-refractivity contribution in [2.75, 3.05) is 11.9 Å². The SMILES string of the molecule is CC(C)(C)c1ccccc1NC(=O)CCCOc1ccc(Br)cc1. The highest BCUT2D eigenvalue weighted by molar-refractivity contribution is 9.10. The zero-order valence-electron chi connectivity index (χ0n) is 14.4. The molecule has 1 N–H and O–H groups in total. The minimum atomic E-state index is -0.00539. The van der Waals surface area contributed by atoms with Gasteiger partial charge in [0, 0.05) is 16.6 Å². The monoisotopic (exact) mass is 389 g/mol. The minimum absolute atomic E-state index is 0.00539. The van der Waals surface area contributed by atoms with Gasteiger partial charge in [-0.1, -0.05) is 54.9 Å². The molecule has 2 aromatic carbocycles. The lowest BCUT2D eigenvalue weighted by atomic mass is 9.86. The number of ether oxygens (including phenoxy) is 1. The molecule has 2 rings (SSSR count). The van der Waals surface area contributed by atoms with Crippen molar-refractivity contribution in [3.05, 3.63) is 58.6 Å². The van der Waals surface area contributed by atoms with E-state index in [1.54, 1.807) is 0 Å². The van der Waals surface area contributed by atoms with E-state index >= 15 is 0 Å². The van der Waals surface area contributed by atoms with E-state index in [0.717, 1.165) is 21.5 Å². The molecule has 0 aliphatic carbocycles. The second-order valence-electron chi connectivity index (χ2n) is 6.75. The fourth-order valence-electron chi connectivity index (χ4n) is 2.41. The standard InChI is InChI=1S/C20H24BrNO2/c1-20(2,3)17-7-4-5-8-18(17)22-19(23)9-6-14-24-16-12-10-15(21)11-13-16/h4-5,7-8,10-13H,6,9,14H2,1-3H3,(H,22,23). The number of benzene rings is 2. The van der Waals surface area contributed by atoms with Crippen LogP contribution in [0.4, 0.5) is 5.69 Å². The predicted octanol–water partition coefficient (Wildman–Crippen LogP) is 5.54. The number of amides is 1. The van der Waals surface area contributed by atoms with Crippen molar-refractivity contribution in [1.29, 1.82) is 0 Å². The summed E-state index contributed by atoms with van der Waals surface area (Å²) in [6.45, 7) is 6.95. The molecule has 0 bridgehead atoms. The molecule has 0 unspecified atom stereocenters. The van der Waals surface area contributed by atoms with Crippen molar-refractivity contribution in [2.24, 2.45) is 0 Å². The smallest absolute Gasteiger partial charge is 0.224 e. The van der Waals surface area contributed by atoms with Crippen LogP contribution in [0.2, 0.25) is 0 Å². The summed E-state index contributed by atoms with van der Waals surface area (Å²) in [6.07, 6.45) is 1.12. The molecule has 0 radical (unpaired) electrons. The number of para-hydroxylation sites is 1. The lowest BCUT2D eigenvalue weighted by molar-refractivity contribution is -0.116. The lowest BCUT2D eigenvalue weighted by Gasteiger charge is -2.23. The average molecular weight is 390 g/mol. The summed E-state index contributed by atoms with van der Waals surface area (Å²) in [5.74, 6) is 0.836. The quantitative estimate of drug-likeness (QED) is 0.658. The molecular weight excluding hydrogens is 366 g/mol. The molecule has 0 atom stereocenters. The maximum absolute atomic E-state index is 12.2. The Balaban J connectivity index is 1.81. The Morgan fingerprint density at radius 1 is 1.08 bits per heavy atom. The first-order valence-electron chi connectivity index (χ1n) is 8.14. The van der Waals surface area contributed by atoms with Gasteiger partial charge in [-0.05, 0) is 47.7 Å². The van der Waals surface area contributed by atoms with Crippen molar-refractivity contribution in [2.45, 2.75) is 39.0 Å². The summed E-state index contributed by atoms with van der Waals surface area (Å²) in [5.41, 5.74) is 2.03. The normalized spacial score (nSPS) is 11.2. The zero-order chi connectivity index (χ0) is 17.6. The van der Waals surface area contributed by atoms with Gasteiger partial charge in [0.1, 0.15) is 5.75 Å². The minimum Gasteiger partial charge on any atom is -0.494 e. The van der Waals surface area contributed by atoms with E-state index in [9.17, 15) is 4.79 Å². The second-order valence-corrected chi connectivity index (χ2v) is 7.67. The number of carbonyl (C=O) groups is 1. The lowest BCUT2D eigenvalue weighted by Crippen LogP contribution is -2.18. The van der Waals surface area contributed by atoms with E-state index in [4.69, 9.17) is 4.74 Å². The van der Waals surface area contributed by atoms with Crippen LogP contribution < -0.4 is 10.1 Å². The van der Waals surface area contributed by atoms with Gasteiger partial charge in [0.05, 0.1) is 6.61 Å². The number of hydrogen-bond acceptors (Lipinski definition) is 2. The summed E-state index contributed by atoms with van der Waals surface area (Å²) < 4.78 is 6.66. The van der Waals surface area contributed by atoms with E-state index in [-0.39, 0.29) is 11.3 Å². The molecule has 0 aliphatic rings. The van der Waals surface area contributed by atoms with Gasteiger partial charge in [0.15, 0.2) is 0 Å². The van der Waals surface area contributed by atoms with E-state index in [1.165, 1.54) is 0 Å². The third kappa shape index (κ3) is 5.68. The third-order valence-corrected chi connectivity index (χ3v) is 4.17. The van der Waals surface area contributed by atoms with Gasteiger partial charge < -0.3 is 10.1 Å². The van der Waals surface area contributed by atoms with Crippen LogP contribution in [0.1, 0.15) is 39.2 Å². The van der Waals surface area contributed by atoms with Crippen molar-refractivity contribution in [3.63, 3.8) is 0 Å². The molecule has 4 heteroatoms. The fourth-order valence-corrected chi connectivity index (χ4v) is 2.68. The Kier molecular flexibility index (Phi) is 6.44. The largest absolute Gasteiger partial charge is 0.494 e. The van der Waals surface area contributed by atoms with Gasteiger partial charge in [-0.2, -0.15) is 0 Å². The molecule has 128 valence electrons. The summed E-state index contributed by atoms with van der Waals surface area (Å²) in [7, 11) is 0. The second kappa shape index (κ2) is 8.34. The summed E-state index contributed by atoms with van der Waals surface area (Å²) in [6, 6.07) is 15.7. The molecule has 0 saturated carbocycles. The van der Waals surface area contributed by atoms with E-state index in [1.807, 2.05) is 42.5 Å². The predicted molar refractivity (Wildman–Crippen MR) is 103 cm³/mol.